The van der Waals surface area contributed by atoms with E-state index in [9.17, 15) is 5.11 Å². The molecule has 0 spiro atoms. The van der Waals surface area contributed by atoms with Gasteiger partial charge in [-0.3, -0.25) is 4.90 Å². The minimum atomic E-state index is 0.194. The Morgan fingerprint density at radius 2 is 2.21 bits per heavy atom. The van der Waals surface area contributed by atoms with Gasteiger partial charge in [0.1, 0.15) is 0 Å². The highest BCUT2D eigenvalue weighted by Gasteiger charge is 2.23. The van der Waals surface area contributed by atoms with E-state index in [0.29, 0.717) is 22.9 Å². The summed E-state index contributed by atoms with van der Waals surface area (Å²) in [7, 11) is 0. The van der Waals surface area contributed by atoms with Gasteiger partial charge in [-0.05, 0) is 66.4 Å². The van der Waals surface area contributed by atoms with Crippen LogP contribution in [0.4, 0.5) is 0 Å². The highest BCUT2D eigenvalue weighted by Crippen LogP contribution is 2.36. The summed E-state index contributed by atoms with van der Waals surface area (Å²) in [5, 5.41) is 9.93. The summed E-state index contributed by atoms with van der Waals surface area (Å²) in [6.45, 7) is 6.83. The second-order valence-corrected chi connectivity index (χ2v) is 5.89. The standard InChI is InChI=1S/C15H22BrNO2/c1-3-12-6-5-7-17(12)10-11-8-13(16)15(18)14(9-11)19-4-2/h8-9,12,18H,3-7,10H2,1-2H3. The molecule has 0 radical (unpaired) electrons. The van der Waals surface area contributed by atoms with Crippen molar-refractivity contribution >= 4 is 15.9 Å². The topological polar surface area (TPSA) is 32.7 Å². The third-order valence-corrected chi connectivity index (χ3v) is 4.35. The number of aromatic hydroxyl groups is 1. The molecule has 1 fully saturated rings. The molecule has 0 aromatic heterocycles. The summed E-state index contributed by atoms with van der Waals surface area (Å²) >= 11 is 3.40. The number of likely N-dealkylation sites (tertiary alicyclic amines) is 1. The third kappa shape index (κ3) is 3.42. The van der Waals surface area contributed by atoms with Gasteiger partial charge in [-0.15, -0.1) is 0 Å². The van der Waals surface area contributed by atoms with Gasteiger partial charge in [-0.1, -0.05) is 6.92 Å². The number of hydrogen-bond acceptors (Lipinski definition) is 3. The van der Waals surface area contributed by atoms with Crippen LogP contribution in [0.5, 0.6) is 11.5 Å². The Kier molecular flexibility index (Phi) is 5.11. The van der Waals surface area contributed by atoms with Gasteiger partial charge < -0.3 is 9.84 Å². The lowest BCUT2D eigenvalue weighted by molar-refractivity contribution is 0.239. The smallest absolute Gasteiger partial charge is 0.172 e. The normalized spacial score (nSPS) is 19.8. The Balaban J connectivity index is 2.16. The minimum absolute atomic E-state index is 0.194. The van der Waals surface area contributed by atoms with Crippen molar-refractivity contribution in [1.82, 2.24) is 4.90 Å². The quantitative estimate of drug-likeness (QED) is 0.889. The molecule has 1 aliphatic heterocycles. The van der Waals surface area contributed by atoms with E-state index in [0.717, 1.165) is 6.54 Å². The molecule has 0 aliphatic carbocycles. The number of hydrogen-bond donors (Lipinski definition) is 1. The average Bonchev–Trinajstić information content (AvgIpc) is 2.83. The minimum Gasteiger partial charge on any atom is -0.503 e. The Labute approximate surface area is 123 Å². The molecule has 19 heavy (non-hydrogen) atoms. The first kappa shape index (κ1) is 14.7. The van der Waals surface area contributed by atoms with Crippen molar-refractivity contribution in [1.29, 1.82) is 0 Å². The predicted molar refractivity (Wildman–Crippen MR) is 80.7 cm³/mol. The number of benzene rings is 1. The molecule has 1 unspecified atom stereocenters. The van der Waals surface area contributed by atoms with Crippen molar-refractivity contribution in [2.45, 2.75) is 45.7 Å². The van der Waals surface area contributed by atoms with E-state index >= 15 is 0 Å². The van der Waals surface area contributed by atoms with Gasteiger partial charge in [-0.25, -0.2) is 0 Å². The molecule has 1 N–H and O–H groups in total. The summed E-state index contributed by atoms with van der Waals surface area (Å²) in [5.41, 5.74) is 1.19. The van der Waals surface area contributed by atoms with E-state index in [-0.39, 0.29) is 5.75 Å². The summed E-state index contributed by atoms with van der Waals surface area (Å²) < 4.78 is 6.19. The van der Waals surface area contributed by atoms with Crippen molar-refractivity contribution in [2.24, 2.45) is 0 Å². The monoisotopic (exact) mass is 327 g/mol. The van der Waals surface area contributed by atoms with Crippen molar-refractivity contribution < 1.29 is 9.84 Å². The van der Waals surface area contributed by atoms with Gasteiger partial charge in [0.2, 0.25) is 0 Å². The Morgan fingerprint density at radius 3 is 2.89 bits per heavy atom. The number of phenolic OH excluding ortho intramolecular Hbond substituents is 1. The van der Waals surface area contributed by atoms with Gasteiger partial charge in [0.05, 0.1) is 11.1 Å². The first-order valence-electron chi connectivity index (χ1n) is 7.04. The fourth-order valence-corrected chi connectivity index (χ4v) is 3.27. The molecule has 2 rings (SSSR count). The number of ether oxygens (including phenoxy) is 1. The van der Waals surface area contributed by atoms with Crippen LogP contribution in [-0.4, -0.2) is 29.2 Å². The summed E-state index contributed by atoms with van der Waals surface area (Å²) in [6, 6.07) is 4.64. The van der Waals surface area contributed by atoms with Gasteiger partial charge >= 0.3 is 0 Å². The number of halogens is 1. The van der Waals surface area contributed by atoms with Crippen LogP contribution in [0.1, 0.15) is 38.7 Å². The Hall–Kier alpha value is -0.740. The van der Waals surface area contributed by atoms with Crippen molar-refractivity contribution in [3.8, 4) is 11.5 Å². The molecule has 3 nitrogen and oxygen atoms in total. The predicted octanol–water partition coefficient (Wildman–Crippen LogP) is 3.93. The molecule has 1 saturated heterocycles. The van der Waals surface area contributed by atoms with Gasteiger partial charge in [0, 0.05) is 12.6 Å². The van der Waals surface area contributed by atoms with Crippen LogP contribution in [0, 0.1) is 0 Å². The fourth-order valence-electron chi connectivity index (χ4n) is 2.78. The van der Waals surface area contributed by atoms with E-state index in [1.807, 2.05) is 19.1 Å². The van der Waals surface area contributed by atoms with Crippen molar-refractivity contribution in [2.75, 3.05) is 13.2 Å². The van der Waals surface area contributed by atoms with Crippen molar-refractivity contribution in [3.63, 3.8) is 0 Å². The lowest BCUT2D eigenvalue weighted by atomic mass is 10.1. The van der Waals surface area contributed by atoms with Crippen LogP contribution in [0.2, 0.25) is 0 Å². The van der Waals surface area contributed by atoms with E-state index in [1.54, 1.807) is 0 Å². The second kappa shape index (κ2) is 6.62. The molecule has 1 heterocycles. The molecule has 1 aliphatic rings. The SMILES string of the molecule is CCOc1cc(CN2CCCC2CC)cc(Br)c1O. The molecule has 4 heteroatoms. The summed E-state index contributed by atoms with van der Waals surface area (Å²) in [6.07, 6.45) is 3.79. The first-order chi connectivity index (χ1) is 9.15. The van der Waals surface area contributed by atoms with Gasteiger partial charge in [0.25, 0.3) is 0 Å². The molecular weight excluding hydrogens is 306 g/mol. The average molecular weight is 328 g/mol. The first-order valence-corrected chi connectivity index (χ1v) is 7.83. The number of rotatable bonds is 5. The fraction of sp³-hybridized carbons (Fsp3) is 0.600. The zero-order valence-electron chi connectivity index (χ0n) is 11.7. The van der Waals surface area contributed by atoms with Crippen LogP contribution in [0.25, 0.3) is 0 Å². The second-order valence-electron chi connectivity index (χ2n) is 5.03. The molecule has 0 bridgehead atoms. The van der Waals surface area contributed by atoms with E-state index in [1.165, 1.54) is 31.4 Å². The highest BCUT2D eigenvalue weighted by molar-refractivity contribution is 9.10. The van der Waals surface area contributed by atoms with Gasteiger partial charge in [0.15, 0.2) is 11.5 Å². The van der Waals surface area contributed by atoms with Crippen LogP contribution in [-0.2, 0) is 6.54 Å². The molecule has 0 saturated carbocycles. The summed E-state index contributed by atoms with van der Waals surface area (Å²) in [4.78, 5) is 2.52. The highest BCUT2D eigenvalue weighted by atomic mass is 79.9. The van der Waals surface area contributed by atoms with Crippen LogP contribution < -0.4 is 4.74 Å². The van der Waals surface area contributed by atoms with Gasteiger partial charge in [-0.2, -0.15) is 0 Å². The number of phenols is 1. The third-order valence-electron chi connectivity index (χ3n) is 3.74. The maximum atomic E-state index is 9.93. The molecule has 1 atom stereocenters. The van der Waals surface area contributed by atoms with E-state index in [2.05, 4.69) is 27.8 Å². The molecule has 0 amide bonds. The lowest BCUT2D eigenvalue weighted by Crippen LogP contribution is -2.28. The van der Waals surface area contributed by atoms with E-state index in [4.69, 9.17) is 4.74 Å². The molecule has 1 aromatic rings. The molecule has 1 aromatic carbocycles. The maximum absolute atomic E-state index is 9.93. The van der Waals surface area contributed by atoms with E-state index < -0.39 is 0 Å². The van der Waals surface area contributed by atoms with Crippen LogP contribution in [0.15, 0.2) is 16.6 Å². The Bertz CT molecular complexity index is 436. The van der Waals surface area contributed by atoms with Crippen molar-refractivity contribution in [3.05, 3.63) is 22.2 Å². The van der Waals surface area contributed by atoms with Crippen LogP contribution in [0.3, 0.4) is 0 Å². The summed E-state index contributed by atoms with van der Waals surface area (Å²) in [5.74, 6) is 0.762. The zero-order chi connectivity index (χ0) is 13.8. The molecule has 106 valence electrons. The van der Waals surface area contributed by atoms with Crippen LogP contribution >= 0.6 is 15.9 Å². The largest absolute Gasteiger partial charge is 0.503 e. The number of nitrogens with zero attached hydrogens (tertiary/aromatic N) is 1. The Morgan fingerprint density at radius 1 is 1.42 bits per heavy atom. The zero-order valence-corrected chi connectivity index (χ0v) is 13.2. The lowest BCUT2D eigenvalue weighted by Gasteiger charge is -2.23. The maximum Gasteiger partial charge on any atom is 0.172 e. The molecular formula is C15H22BrNO2.